The number of phenols is 1. The van der Waals surface area contributed by atoms with Crippen molar-refractivity contribution in [3.8, 4) is 16.9 Å². The highest BCUT2D eigenvalue weighted by Gasteiger charge is 2.45. The highest BCUT2D eigenvalue weighted by Crippen LogP contribution is 2.56. The summed E-state index contributed by atoms with van der Waals surface area (Å²) in [5.41, 5.74) is 8.59. The molecule has 148 valence electrons. The molecule has 0 radical (unpaired) electrons. The normalized spacial score (nSPS) is 14.2. The van der Waals surface area contributed by atoms with E-state index in [1.165, 1.54) is 38.9 Å². The van der Waals surface area contributed by atoms with Gasteiger partial charge in [-0.05, 0) is 56.5 Å². The van der Waals surface area contributed by atoms with Gasteiger partial charge in [-0.1, -0.05) is 106 Å². The summed E-state index contributed by atoms with van der Waals surface area (Å²) < 4.78 is 0. The van der Waals surface area contributed by atoms with Crippen LogP contribution in [0.4, 0.5) is 0 Å². The molecular weight excluding hydrogens is 364 g/mol. The SMILES string of the molecule is CC(C)(C)c1ccc(C2(c3ccc(O)cc3)c3ccccc3-c3ccccc32)cc1. The van der Waals surface area contributed by atoms with Crippen LogP contribution in [-0.2, 0) is 10.8 Å². The molecule has 30 heavy (non-hydrogen) atoms. The van der Waals surface area contributed by atoms with E-state index in [1.54, 1.807) is 12.1 Å². The van der Waals surface area contributed by atoms with Crippen LogP contribution in [0.15, 0.2) is 97.1 Å². The molecule has 0 heterocycles. The molecule has 1 aliphatic carbocycles. The Labute approximate surface area is 178 Å². The maximum Gasteiger partial charge on any atom is 0.115 e. The molecule has 0 fully saturated rings. The third-order valence-corrected chi connectivity index (χ3v) is 6.44. The molecule has 0 unspecified atom stereocenters. The van der Waals surface area contributed by atoms with Gasteiger partial charge in [0.15, 0.2) is 0 Å². The molecule has 4 aromatic rings. The van der Waals surface area contributed by atoms with E-state index in [0.717, 1.165) is 0 Å². The second-order valence-electron chi connectivity index (χ2n) is 9.22. The Balaban J connectivity index is 1.87. The summed E-state index contributed by atoms with van der Waals surface area (Å²) in [4.78, 5) is 0. The standard InChI is InChI=1S/C29H26O/c1-28(2,3)20-12-14-21(15-13-20)29(22-16-18-23(30)19-17-22)26-10-6-4-8-24(26)25-9-5-7-11-27(25)29/h4-19,30H,1-3H3. The first-order chi connectivity index (χ1) is 14.4. The summed E-state index contributed by atoms with van der Waals surface area (Å²) in [5.74, 6) is 0.288. The zero-order valence-electron chi connectivity index (χ0n) is 17.7. The van der Waals surface area contributed by atoms with E-state index < -0.39 is 5.41 Å². The lowest BCUT2D eigenvalue weighted by Crippen LogP contribution is -2.28. The zero-order valence-corrected chi connectivity index (χ0v) is 17.7. The number of phenolic OH excluding ortho intramolecular Hbond substituents is 1. The molecule has 5 rings (SSSR count). The molecule has 1 N–H and O–H groups in total. The van der Waals surface area contributed by atoms with Crippen molar-refractivity contribution in [3.05, 3.63) is 125 Å². The highest BCUT2D eigenvalue weighted by molar-refractivity contribution is 5.86. The molecule has 1 nitrogen and oxygen atoms in total. The fourth-order valence-corrected chi connectivity index (χ4v) is 4.96. The van der Waals surface area contributed by atoms with Crippen molar-refractivity contribution in [3.63, 3.8) is 0 Å². The number of fused-ring (bicyclic) bond motifs is 3. The average Bonchev–Trinajstić information content (AvgIpc) is 3.05. The van der Waals surface area contributed by atoms with Crippen LogP contribution in [0.25, 0.3) is 11.1 Å². The van der Waals surface area contributed by atoms with Crippen molar-refractivity contribution in [2.75, 3.05) is 0 Å². The van der Waals surface area contributed by atoms with E-state index in [9.17, 15) is 5.11 Å². The third kappa shape index (κ3) is 2.62. The maximum atomic E-state index is 9.97. The molecule has 0 aliphatic heterocycles. The third-order valence-electron chi connectivity index (χ3n) is 6.44. The summed E-state index contributed by atoms with van der Waals surface area (Å²) in [7, 11) is 0. The molecule has 0 spiro atoms. The molecular formula is C29H26O. The minimum atomic E-state index is -0.405. The molecule has 0 aromatic heterocycles. The summed E-state index contributed by atoms with van der Waals surface area (Å²) >= 11 is 0. The van der Waals surface area contributed by atoms with Gasteiger partial charge in [0.1, 0.15) is 5.75 Å². The zero-order chi connectivity index (χ0) is 20.9. The van der Waals surface area contributed by atoms with Crippen LogP contribution in [-0.4, -0.2) is 5.11 Å². The fraction of sp³-hybridized carbons (Fsp3) is 0.172. The number of hydrogen-bond acceptors (Lipinski definition) is 1. The van der Waals surface area contributed by atoms with Crippen molar-refractivity contribution in [1.29, 1.82) is 0 Å². The predicted octanol–water partition coefficient (Wildman–Crippen LogP) is 7.05. The number of rotatable bonds is 2. The molecule has 1 heteroatoms. The lowest BCUT2D eigenvalue weighted by molar-refractivity contribution is 0.475. The van der Waals surface area contributed by atoms with Gasteiger partial charge in [-0.3, -0.25) is 0 Å². The molecule has 0 saturated carbocycles. The Morgan fingerprint density at radius 1 is 0.567 bits per heavy atom. The molecule has 0 saturated heterocycles. The van der Waals surface area contributed by atoms with E-state index in [-0.39, 0.29) is 11.2 Å². The van der Waals surface area contributed by atoms with Crippen LogP contribution < -0.4 is 0 Å². The summed E-state index contributed by atoms with van der Waals surface area (Å²) in [6, 6.07) is 34.2. The highest BCUT2D eigenvalue weighted by atomic mass is 16.3. The minimum Gasteiger partial charge on any atom is -0.508 e. The lowest BCUT2D eigenvalue weighted by Gasteiger charge is -2.34. The largest absolute Gasteiger partial charge is 0.508 e. The minimum absolute atomic E-state index is 0.107. The van der Waals surface area contributed by atoms with E-state index in [1.807, 2.05) is 0 Å². The second kappa shape index (κ2) is 6.60. The monoisotopic (exact) mass is 390 g/mol. The van der Waals surface area contributed by atoms with Crippen LogP contribution in [0.3, 0.4) is 0 Å². The van der Waals surface area contributed by atoms with Crippen LogP contribution >= 0.6 is 0 Å². The Morgan fingerprint density at radius 2 is 1.00 bits per heavy atom. The van der Waals surface area contributed by atoms with Crippen molar-refractivity contribution < 1.29 is 5.11 Å². The summed E-state index contributed by atoms with van der Waals surface area (Å²) in [6.07, 6.45) is 0. The first-order valence-corrected chi connectivity index (χ1v) is 10.5. The predicted molar refractivity (Wildman–Crippen MR) is 124 cm³/mol. The van der Waals surface area contributed by atoms with Gasteiger partial charge in [-0.25, -0.2) is 0 Å². The summed E-state index contributed by atoms with van der Waals surface area (Å²) in [6.45, 7) is 6.74. The van der Waals surface area contributed by atoms with Crippen molar-refractivity contribution >= 4 is 0 Å². The first-order valence-electron chi connectivity index (χ1n) is 10.5. The van der Waals surface area contributed by atoms with Crippen molar-refractivity contribution in [2.24, 2.45) is 0 Å². The Hall–Kier alpha value is -3.32. The fourth-order valence-electron chi connectivity index (χ4n) is 4.96. The van der Waals surface area contributed by atoms with Gasteiger partial charge < -0.3 is 5.11 Å². The number of aromatic hydroxyl groups is 1. The maximum absolute atomic E-state index is 9.97. The van der Waals surface area contributed by atoms with Crippen LogP contribution in [0.5, 0.6) is 5.75 Å². The Bertz CT molecular complexity index is 1160. The average molecular weight is 391 g/mol. The van der Waals surface area contributed by atoms with Gasteiger partial charge in [0.25, 0.3) is 0 Å². The molecule has 0 atom stereocenters. The number of benzene rings is 4. The van der Waals surface area contributed by atoms with E-state index in [0.29, 0.717) is 0 Å². The molecule has 0 amide bonds. The van der Waals surface area contributed by atoms with Gasteiger partial charge in [-0.15, -0.1) is 0 Å². The lowest BCUT2D eigenvalue weighted by atomic mass is 9.67. The second-order valence-corrected chi connectivity index (χ2v) is 9.22. The van der Waals surface area contributed by atoms with Gasteiger partial charge in [0.2, 0.25) is 0 Å². The van der Waals surface area contributed by atoms with Crippen LogP contribution in [0, 0.1) is 0 Å². The van der Waals surface area contributed by atoms with E-state index in [4.69, 9.17) is 0 Å². The smallest absolute Gasteiger partial charge is 0.115 e. The van der Waals surface area contributed by atoms with Crippen LogP contribution in [0.2, 0.25) is 0 Å². The quantitative estimate of drug-likeness (QED) is 0.342. The Kier molecular flexibility index (Phi) is 4.11. The molecule has 1 aliphatic rings. The summed E-state index contributed by atoms with van der Waals surface area (Å²) in [5, 5.41) is 9.97. The topological polar surface area (TPSA) is 20.2 Å². The van der Waals surface area contributed by atoms with E-state index in [2.05, 4.69) is 106 Å². The number of hydrogen-bond donors (Lipinski definition) is 1. The van der Waals surface area contributed by atoms with Crippen LogP contribution in [0.1, 0.15) is 48.6 Å². The van der Waals surface area contributed by atoms with Gasteiger partial charge in [-0.2, -0.15) is 0 Å². The molecule has 0 bridgehead atoms. The van der Waals surface area contributed by atoms with Gasteiger partial charge in [0, 0.05) is 0 Å². The first kappa shape index (κ1) is 18.7. The van der Waals surface area contributed by atoms with Gasteiger partial charge in [0.05, 0.1) is 5.41 Å². The van der Waals surface area contributed by atoms with Crippen molar-refractivity contribution in [1.82, 2.24) is 0 Å². The van der Waals surface area contributed by atoms with Crippen molar-refractivity contribution in [2.45, 2.75) is 31.6 Å². The van der Waals surface area contributed by atoms with Gasteiger partial charge >= 0.3 is 0 Å². The molecule has 4 aromatic carbocycles. The Morgan fingerprint density at radius 3 is 1.47 bits per heavy atom. The van der Waals surface area contributed by atoms with E-state index >= 15 is 0 Å².